The highest BCUT2D eigenvalue weighted by Gasteiger charge is 2.43. The summed E-state index contributed by atoms with van der Waals surface area (Å²) in [4.78, 5) is 6.07. The van der Waals surface area contributed by atoms with Gasteiger partial charge in [0, 0.05) is 26.0 Å². The molecule has 1 heterocycles. The van der Waals surface area contributed by atoms with Crippen LogP contribution in [-0.2, 0) is 4.74 Å². The Bertz CT molecular complexity index is 505. The summed E-state index contributed by atoms with van der Waals surface area (Å²) in [5.41, 5.74) is 1.84. The van der Waals surface area contributed by atoms with E-state index >= 15 is 0 Å². The average Bonchev–Trinajstić information content (AvgIpc) is 2.51. The minimum atomic E-state index is -1.38. The van der Waals surface area contributed by atoms with Crippen molar-refractivity contribution in [1.29, 1.82) is 0 Å². The molecule has 1 aromatic carbocycles. The van der Waals surface area contributed by atoms with Gasteiger partial charge in [-0.25, -0.2) is 0 Å². The highest BCUT2D eigenvalue weighted by atomic mass is 16.6. The second-order valence-electron chi connectivity index (χ2n) is 5.48. The van der Waals surface area contributed by atoms with E-state index in [2.05, 4.69) is 4.99 Å². The fraction of sp³-hybridized carbons (Fsp3) is 0.533. The van der Waals surface area contributed by atoms with Gasteiger partial charge in [-0.3, -0.25) is 4.99 Å². The van der Waals surface area contributed by atoms with Crippen molar-refractivity contribution in [3.8, 4) is 0 Å². The molecule has 5 atom stereocenters. The Labute approximate surface area is 129 Å². The number of hydrogen-bond acceptors (Lipinski definition) is 7. The van der Waals surface area contributed by atoms with E-state index in [1.54, 1.807) is 0 Å². The molecule has 0 spiro atoms. The number of benzene rings is 1. The molecular weight excluding hydrogens is 288 g/mol. The first-order chi connectivity index (χ1) is 10.4. The lowest BCUT2D eigenvalue weighted by atomic mass is 9.97. The van der Waals surface area contributed by atoms with Crippen LogP contribution in [0, 0.1) is 0 Å². The molecule has 0 amide bonds. The second-order valence-corrected chi connectivity index (χ2v) is 5.48. The molecule has 7 nitrogen and oxygen atoms in total. The van der Waals surface area contributed by atoms with Crippen LogP contribution in [0.25, 0.3) is 0 Å². The van der Waals surface area contributed by atoms with Gasteiger partial charge in [-0.05, 0) is 17.7 Å². The number of ether oxygens (including phenoxy) is 1. The Balaban J connectivity index is 2.08. The van der Waals surface area contributed by atoms with E-state index in [0.29, 0.717) is 0 Å². The van der Waals surface area contributed by atoms with Gasteiger partial charge in [-0.2, -0.15) is 0 Å². The molecule has 0 aliphatic carbocycles. The molecule has 0 unspecified atom stereocenters. The van der Waals surface area contributed by atoms with Crippen LogP contribution in [0.15, 0.2) is 29.3 Å². The predicted molar refractivity (Wildman–Crippen MR) is 82.1 cm³/mol. The molecule has 2 rings (SSSR count). The second kappa shape index (κ2) is 7.17. The van der Waals surface area contributed by atoms with Crippen LogP contribution in [0.4, 0.5) is 5.69 Å². The lowest BCUT2D eigenvalue weighted by molar-refractivity contribution is -0.248. The van der Waals surface area contributed by atoms with Crippen molar-refractivity contribution in [2.75, 3.05) is 25.6 Å². The van der Waals surface area contributed by atoms with Crippen molar-refractivity contribution in [1.82, 2.24) is 0 Å². The number of nitrogens with zero attached hydrogens (tertiary/aromatic N) is 2. The van der Waals surface area contributed by atoms with E-state index in [9.17, 15) is 15.3 Å². The summed E-state index contributed by atoms with van der Waals surface area (Å²) in [5.74, 6) is 0. The van der Waals surface area contributed by atoms with Crippen molar-refractivity contribution < 1.29 is 25.2 Å². The summed E-state index contributed by atoms with van der Waals surface area (Å²) in [5, 5.41) is 38.6. The van der Waals surface area contributed by atoms with E-state index < -0.39 is 37.3 Å². The Morgan fingerprint density at radius 1 is 1.14 bits per heavy atom. The smallest absolute Gasteiger partial charge is 0.180 e. The molecule has 0 radical (unpaired) electrons. The van der Waals surface area contributed by atoms with Crippen LogP contribution in [0.3, 0.4) is 0 Å². The number of anilines is 1. The highest BCUT2D eigenvalue weighted by Crippen LogP contribution is 2.22. The molecule has 4 N–H and O–H groups in total. The van der Waals surface area contributed by atoms with Crippen LogP contribution in [0.2, 0.25) is 0 Å². The lowest BCUT2D eigenvalue weighted by Gasteiger charge is -2.38. The first kappa shape index (κ1) is 16.9. The van der Waals surface area contributed by atoms with Crippen molar-refractivity contribution in [3.05, 3.63) is 29.8 Å². The summed E-state index contributed by atoms with van der Waals surface area (Å²) in [6.07, 6.45) is -3.50. The van der Waals surface area contributed by atoms with E-state index in [1.165, 1.54) is 6.21 Å². The van der Waals surface area contributed by atoms with E-state index in [0.717, 1.165) is 11.3 Å². The van der Waals surface area contributed by atoms with Crippen molar-refractivity contribution in [2.24, 2.45) is 4.99 Å². The predicted octanol–water partition coefficient (Wildman–Crippen LogP) is -1.03. The highest BCUT2D eigenvalue weighted by molar-refractivity contribution is 5.80. The molecule has 122 valence electrons. The molecule has 1 fully saturated rings. The van der Waals surface area contributed by atoms with Crippen LogP contribution in [0.1, 0.15) is 5.56 Å². The largest absolute Gasteiger partial charge is 0.394 e. The van der Waals surface area contributed by atoms with E-state index in [1.807, 2.05) is 43.3 Å². The minimum absolute atomic E-state index is 0.488. The van der Waals surface area contributed by atoms with Crippen LogP contribution in [-0.4, -0.2) is 78.0 Å². The third-order valence-electron chi connectivity index (χ3n) is 3.67. The number of aliphatic hydroxyl groups is 4. The van der Waals surface area contributed by atoms with E-state index in [4.69, 9.17) is 9.84 Å². The Hall–Kier alpha value is -1.51. The van der Waals surface area contributed by atoms with Gasteiger partial charge in [0.25, 0.3) is 0 Å². The van der Waals surface area contributed by atoms with Crippen LogP contribution >= 0.6 is 0 Å². The van der Waals surface area contributed by atoms with Gasteiger partial charge in [0.1, 0.15) is 24.4 Å². The maximum atomic E-state index is 9.98. The van der Waals surface area contributed by atoms with Gasteiger partial charge in [-0.15, -0.1) is 0 Å². The molecule has 0 bridgehead atoms. The average molecular weight is 310 g/mol. The zero-order chi connectivity index (χ0) is 16.3. The molecule has 7 heteroatoms. The molecule has 1 aliphatic heterocycles. The van der Waals surface area contributed by atoms with Crippen LogP contribution < -0.4 is 4.90 Å². The molecule has 0 saturated carbocycles. The first-order valence-electron chi connectivity index (χ1n) is 7.05. The van der Waals surface area contributed by atoms with Crippen molar-refractivity contribution in [2.45, 2.75) is 30.6 Å². The topological polar surface area (TPSA) is 106 Å². The van der Waals surface area contributed by atoms with Gasteiger partial charge < -0.3 is 30.1 Å². The fourth-order valence-electron chi connectivity index (χ4n) is 2.27. The van der Waals surface area contributed by atoms with Gasteiger partial charge in [0.2, 0.25) is 0 Å². The minimum Gasteiger partial charge on any atom is -0.394 e. The maximum absolute atomic E-state index is 9.98. The van der Waals surface area contributed by atoms with Gasteiger partial charge >= 0.3 is 0 Å². The summed E-state index contributed by atoms with van der Waals surface area (Å²) >= 11 is 0. The standard InChI is InChI=1S/C15H22N2O5/c1-17(2)10-5-3-9(4-6-10)7-16-12-14(20)13(19)11(8-18)22-15(12)21/h3-7,11-15,18-21H,8H2,1-2H3/t11-,12-,13+,14+,15+/m0/s1. The third-order valence-corrected chi connectivity index (χ3v) is 3.67. The molecule has 0 aromatic heterocycles. The number of aliphatic hydroxyl groups excluding tert-OH is 4. The molecular formula is C15H22N2O5. The monoisotopic (exact) mass is 310 g/mol. The summed E-state index contributed by atoms with van der Waals surface area (Å²) in [6, 6.07) is 6.54. The quantitative estimate of drug-likeness (QED) is 0.530. The van der Waals surface area contributed by atoms with Crippen LogP contribution in [0.5, 0.6) is 0 Å². The van der Waals surface area contributed by atoms with E-state index in [-0.39, 0.29) is 0 Å². The van der Waals surface area contributed by atoms with Gasteiger partial charge in [0.15, 0.2) is 6.29 Å². The van der Waals surface area contributed by atoms with Crippen molar-refractivity contribution in [3.63, 3.8) is 0 Å². The van der Waals surface area contributed by atoms with Gasteiger partial charge in [-0.1, -0.05) is 12.1 Å². The lowest BCUT2D eigenvalue weighted by Crippen LogP contribution is -2.57. The number of aliphatic imine (C=N–C) groups is 1. The summed E-state index contributed by atoms with van der Waals surface area (Å²) in [7, 11) is 3.88. The van der Waals surface area contributed by atoms with Crippen molar-refractivity contribution >= 4 is 11.9 Å². The number of rotatable bonds is 4. The zero-order valence-corrected chi connectivity index (χ0v) is 12.6. The molecule has 1 aliphatic rings. The summed E-state index contributed by atoms with van der Waals surface area (Å²) in [6.45, 7) is -0.488. The SMILES string of the molecule is CN(C)c1ccc(C=N[C@H]2[C@@H](O)[C@H](O)[C@H](CO)O[C@H]2O)cc1. The first-order valence-corrected chi connectivity index (χ1v) is 7.05. The molecule has 1 saturated heterocycles. The Morgan fingerprint density at radius 3 is 2.32 bits per heavy atom. The van der Waals surface area contributed by atoms with Gasteiger partial charge in [0.05, 0.1) is 6.61 Å². The molecule has 22 heavy (non-hydrogen) atoms. The third kappa shape index (κ3) is 3.63. The Kier molecular flexibility index (Phi) is 5.49. The molecule has 1 aromatic rings. The fourth-order valence-corrected chi connectivity index (χ4v) is 2.27. The number of hydrogen-bond donors (Lipinski definition) is 4. The summed E-state index contributed by atoms with van der Waals surface area (Å²) < 4.78 is 5.04. The normalized spacial score (nSPS) is 32.4. The zero-order valence-electron chi connectivity index (χ0n) is 12.6. The maximum Gasteiger partial charge on any atom is 0.180 e. The Morgan fingerprint density at radius 2 is 1.77 bits per heavy atom.